The molecule has 2 unspecified atom stereocenters. The monoisotopic (exact) mass is 232 g/mol. The Labute approximate surface area is 97.6 Å². The Hall–Kier alpha value is -0.160. The van der Waals surface area contributed by atoms with Gasteiger partial charge in [0, 0.05) is 5.92 Å². The van der Waals surface area contributed by atoms with E-state index < -0.39 is 17.8 Å². The van der Waals surface area contributed by atoms with E-state index in [1.54, 1.807) is 0 Å². The molecule has 1 fully saturated rings. The molecule has 2 N–H and O–H groups in total. The zero-order valence-electron chi connectivity index (χ0n) is 10.8. The summed E-state index contributed by atoms with van der Waals surface area (Å²) in [4.78, 5) is 0. The molecule has 1 aliphatic rings. The average molecular weight is 232 g/mol. The van der Waals surface area contributed by atoms with E-state index in [0.29, 0.717) is 0 Å². The lowest BCUT2D eigenvalue weighted by Gasteiger charge is -2.48. The quantitative estimate of drug-likeness (QED) is 0.760. The van der Waals surface area contributed by atoms with Crippen molar-refractivity contribution in [1.29, 1.82) is 0 Å². The van der Waals surface area contributed by atoms with Crippen LogP contribution in [0.15, 0.2) is 0 Å². The molecule has 16 heavy (non-hydrogen) atoms. The van der Waals surface area contributed by atoms with Gasteiger partial charge in [-0.2, -0.15) is 0 Å². The molecule has 1 heterocycles. The van der Waals surface area contributed by atoms with Gasteiger partial charge >= 0.3 is 0 Å². The smallest absolute Gasteiger partial charge is 0.110 e. The number of hydrogen-bond acceptors (Lipinski definition) is 4. The van der Waals surface area contributed by atoms with E-state index in [-0.39, 0.29) is 24.7 Å². The largest absolute Gasteiger partial charge is 0.394 e. The van der Waals surface area contributed by atoms with Gasteiger partial charge in [0.05, 0.1) is 24.4 Å². The molecule has 4 atom stereocenters. The fraction of sp³-hybridized carbons (Fsp3) is 1.00. The molecule has 0 aliphatic carbocycles. The molecule has 0 aromatic heterocycles. The summed E-state index contributed by atoms with van der Waals surface area (Å²) in [7, 11) is 0. The molecule has 0 amide bonds. The van der Waals surface area contributed by atoms with Crippen molar-refractivity contribution in [3.8, 4) is 0 Å². The molecule has 0 bridgehead atoms. The summed E-state index contributed by atoms with van der Waals surface area (Å²) >= 11 is 0. The third-order valence-electron chi connectivity index (χ3n) is 3.37. The molecule has 1 aliphatic heterocycles. The maximum Gasteiger partial charge on any atom is 0.110 e. The molecule has 96 valence electrons. The highest BCUT2D eigenvalue weighted by molar-refractivity contribution is 4.95. The SMILES string of the molecule is CC(C)OC1[C@@H](O)C(CO)OC(C)(C)[C@H]1C. The highest BCUT2D eigenvalue weighted by atomic mass is 16.6. The van der Waals surface area contributed by atoms with Crippen molar-refractivity contribution < 1.29 is 19.7 Å². The van der Waals surface area contributed by atoms with Gasteiger partial charge in [0.25, 0.3) is 0 Å². The van der Waals surface area contributed by atoms with Crippen molar-refractivity contribution >= 4 is 0 Å². The van der Waals surface area contributed by atoms with Crippen LogP contribution in [0.2, 0.25) is 0 Å². The predicted molar refractivity (Wildman–Crippen MR) is 61.2 cm³/mol. The van der Waals surface area contributed by atoms with Gasteiger partial charge in [0.1, 0.15) is 12.2 Å². The van der Waals surface area contributed by atoms with Crippen molar-refractivity contribution in [2.45, 2.75) is 64.6 Å². The lowest BCUT2D eigenvalue weighted by atomic mass is 9.80. The normalized spacial score (nSPS) is 39.0. The molecule has 0 aromatic carbocycles. The summed E-state index contributed by atoms with van der Waals surface area (Å²) in [6.07, 6.45) is -1.57. The second kappa shape index (κ2) is 5.00. The zero-order valence-corrected chi connectivity index (χ0v) is 10.8. The molecule has 0 radical (unpaired) electrons. The van der Waals surface area contributed by atoms with E-state index in [0.717, 1.165) is 0 Å². The molecule has 4 heteroatoms. The van der Waals surface area contributed by atoms with Crippen LogP contribution in [0.3, 0.4) is 0 Å². The minimum absolute atomic E-state index is 0.0512. The standard InChI is InChI=1S/C12H24O4/c1-7(2)15-11-8(3)12(4,5)16-9(6-13)10(11)14/h7-11,13-14H,6H2,1-5H3/t8-,9?,10-,11?/m0/s1. The first-order valence-corrected chi connectivity index (χ1v) is 5.91. The maximum atomic E-state index is 10.1. The Kier molecular flexibility index (Phi) is 4.35. The van der Waals surface area contributed by atoms with Gasteiger partial charge in [-0.05, 0) is 27.7 Å². The molecular formula is C12H24O4. The Bertz CT molecular complexity index is 227. The zero-order chi connectivity index (χ0) is 12.5. The van der Waals surface area contributed by atoms with Crippen molar-refractivity contribution in [3.05, 3.63) is 0 Å². The fourth-order valence-electron chi connectivity index (χ4n) is 2.13. The van der Waals surface area contributed by atoms with Crippen LogP contribution in [0.25, 0.3) is 0 Å². The second-order valence-corrected chi connectivity index (χ2v) is 5.37. The summed E-state index contributed by atoms with van der Waals surface area (Å²) in [6, 6.07) is 0. The van der Waals surface area contributed by atoms with Crippen molar-refractivity contribution in [3.63, 3.8) is 0 Å². The Morgan fingerprint density at radius 1 is 1.38 bits per heavy atom. The van der Waals surface area contributed by atoms with Crippen LogP contribution in [-0.4, -0.2) is 46.8 Å². The van der Waals surface area contributed by atoms with Gasteiger partial charge in [-0.15, -0.1) is 0 Å². The molecular weight excluding hydrogens is 208 g/mol. The van der Waals surface area contributed by atoms with Crippen LogP contribution in [-0.2, 0) is 9.47 Å². The number of ether oxygens (including phenoxy) is 2. The van der Waals surface area contributed by atoms with Gasteiger partial charge in [0.2, 0.25) is 0 Å². The number of hydrogen-bond donors (Lipinski definition) is 2. The van der Waals surface area contributed by atoms with Crippen molar-refractivity contribution in [2.75, 3.05) is 6.61 Å². The van der Waals surface area contributed by atoms with Gasteiger partial charge < -0.3 is 19.7 Å². The summed E-state index contributed by atoms with van der Waals surface area (Å²) < 4.78 is 11.4. The third kappa shape index (κ3) is 2.74. The highest BCUT2D eigenvalue weighted by Crippen LogP contribution is 2.36. The maximum absolute atomic E-state index is 10.1. The summed E-state index contributed by atoms with van der Waals surface area (Å²) in [5.74, 6) is 0.0766. The van der Waals surface area contributed by atoms with E-state index in [4.69, 9.17) is 9.47 Å². The highest BCUT2D eigenvalue weighted by Gasteiger charge is 2.47. The van der Waals surface area contributed by atoms with E-state index in [1.807, 2.05) is 34.6 Å². The average Bonchev–Trinajstić information content (AvgIpc) is 2.18. The van der Waals surface area contributed by atoms with Crippen LogP contribution < -0.4 is 0 Å². The van der Waals surface area contributed by atoms with Crippen LogP contribution >= 0.6 is 0 Å². The molecule has 0 saturated carbocycles. The van der Waals surface area contributed by atoms with Crippen molar-refractivity contribution in [2.24, 2.45) is 5.92 Å². The summed E-state index contributed by atoms with van der Waals surface area (Å²) in [6.45, 7) is 9.62. The van der Waals surface area contributed by atoms with E-state index in [1.165, 1.54) is 0 Å². The lowest BCUT2D eigenvalue weighted by molar-refractivity contribution is -0.255. The number of rotatable bonds is 3. The summed E-state index contributed by atoms with van der Waals surface area (Å²) in [5.41, 5.74) is -0.397. The molecule has 4 nitrogen and oxygen atoms in total. The molecule has 1 saturated heterocycles. The Morgan fingerprint density at radius 2 is 1.94 bits per heavy atom. The number of aliphatic hydroxyl groups excluding tert-OH is 2. The summed E-state index contributed by atoms with van der Waals surface area (Å²) in [5, 5.41) is 19.3. The minimum Gasteiger partial charge on any atom is -0.394 e. The van der Waals surface area contributed by atoms with Gasteiger partial charge in [-0.3, -0.25) is 0 Å². The van der Waals surface area contributed by atoms with E-state index in [9.17, 15) is 10.2 Å². The molecule has 1 rings (SSSR count). The van der Waals surface area contributed by atoms with Crippen LogP contribution in [0.4, 0.5) is 0 Å². The molecule has 0 aromatic rings. The lowest BCUT2D eigenvalue weighted by Crippen LogP contribution is -2.60. The van der Waals surface area contributed by atoms with Gasteiger partial charge in [0.15, 0.2) is 0 Å². The van der Waals surface area contributed by atoms with E-state index >= 15 is 0 Å². The fourth-order valence-corrected chi connectivity index (χ4v) is 2.13. The van der Waals surface area contributed by atoms with Gasteiger partial charge in [-0.1, -0.05) is 6.92 Å². The van der Waals surface area contributed by atoms with Crippen molar-refractivity contribution in [1.82, 2.24) is 0 Å². The first-order chi connectivity index (χ1) is 7.29. The van der Waals surface area contributed by atoms with Crippen LogP contribution in [0, 0.1) is 5.92 Å². The molecule has 0 spiro atoms. The predicted octanol–water partition coefficient (Wildman–Crippen LogP) is 0.947. The van der Waals surface area contributed by atoms with E-state index in [2.05, 4.69) is 0 Å². The van der Waals surface area contributed by atoms with Gasteiger partial charge in [-0.25, -0.2) is 0 Å². The first-order valence-electron chi connectivity index (χ1n) is 5.91. The Morgan fingerprint density at radius 3 is 2.38 bits per heavy atom. The third-order valence-corrected chi connectivity index (χ3v) is 3.37. The van der Waals surface area contributed by atoms with Crippen LogP contribution in [0.5, 0.6) is 0 Å². The topological polar surface area (TPSA) is 58.9 Å². The second-order valence-electron chi connectivity index (χ2n) is 5.37. The Balaban J connectivity index is 2.84. The number of aliphatic hydroxyl groups is 2. The first kappa shape index (κ1) is 13.9. The van der Waals surface area contributed by atoms with Crippen LogP contribution in [0.1, 0.15) is 34.6 Å². The minimum atomic E-state index is -0.768.